The van der Waals surface area contributed by atoms with Crippen LogP contribution in [0.2, 0.25) is 23.7 Å². The molecule has 10 nitrogen and oxygen atoms in total. The molecule has 4 heterocycles. The van der Waals surface area contributed by atoms with Gasteiger partial charge in [0.2, 0.25) is 14.3 Å². The zero-order chi connectivity index (χ0) is 35.2. The van der Waals surface area contributed by atoms with E-state index in [0.29, 0.717) is 48.0 Å². The maximum Gasteiger partial charge on any atom is 0.264 e. The minimum absolute atomic E-state index is 0.000572. The number of rotatable bonds is 10. The second-order valence-electron chi connectivity index (χ2n) is 14.1. The van der Waals surface area contributed by atoms with Crippen LogP contribution < -0.4 is 15.1 Å². The lowest BCUT2D eigenvalue weighted by Crippen LogP contribution is -2.48. The van der Waals surface area contributed by atoms with E-state index in [1.165, 1.54) is 0 Å². The van der Waals surface area contributed by atoms with E-state index >= 15 is 4.11 Å². The molecule has 3 aliphatic heterocycles. The summed E-state index contributed by atoms with van der Waals surface area (Å²) in [5.74, 6) is -1.03. The fourth-order valence-corrected chi connectivity index (χ4v) is 10.9. The van der Waals surface area contributed by atoms with Crippen molar-refractivity contribution < 1.29 is 23.5 Å². The molecule has 1 spiro atoms. The molecule has 0 radical (unpaired) electrons. The summed E-state index contributed by atoms with van der Waals surface area (Å²) in [5.41, 5.74) is 2.66. The van der Waals surface area contributed by atoms with Crippen molar-refractivity contribution in [1.82, 2.24) is 20.3 Å². The normalized spacial score (nSPS) is 24.3. The number of aliphatic hydroxyl groups excluding tert-OH is 1. The number of carbonyl (C=O) groups excluding carboxylic acids is 2. The molecule has 13 heteroatoms. The van der Waals surface area contributed by atoms with Gasteiger partial charge in [0, 0.05) is 53.6 Å². The number of benzene rings is 3. The van der Waals surface area contributed by atoms with Gasteiger partial charge in [-0.05, 0) is 61.0 Å². The van der Waals surface area contributed by atoms with Crippen LogP contribution in [0.15, 0.2) is 79.0 Å². The number of hydrogen-bond donors (Lipinski definition) is 2. The molecular formula is C37H42ClFN6O4Si. The number of aryl methyl sites for hydroxylation is 1. The molecule has 0 aliphatic carbocycles. The molecule has 5 atom stereocenters. The van der Waals surface area contributed by atoms with Crippen LogP contribution in [0.4, 0.5) is 15.5 Å². The van der Waals surface area contributed by atoms with Gasteiger partial charge < -0.3 is 29.1 Å². The van der Waals surface area contributed by atoms with Crippen molar-refractivity contribution in [3.63, 3.8) is 0 Å². The SMILES string of the molecule is C[C@@H]1[C@@H]([Si](C)(C)F)[C@H](CCn2cc(C(CO)c3ccccc3)nn2)O[C@@]12C(=O)N(Cc1cccc(N3CCNCC3=O)c1)c1ccc(Cl)cc12. The molecule has 0 saturated carbocycles. The van der Waals surface area contributed by atoms with Gasteiger partial charge in [-0.2, -0.15) is 0 Å². The largest absolute Gasteiger partial charge is 0.395 e. The third kappa shape index (κ3) is 6.17. The number of anilines is 2. The predicted molar refractivity (Wildman–Crippen MR) is 192 cm³/mol. The Morgan fingerprint density at radius 1 is 1.12 bits per heavy atom. The second kappa shape index (κ2) is 13.6. The molecule has 2 saturated heterocycles. The average Bonchev–Trinajstić information content (AvgIpc) is 3.75. The van der Waals surface area contributed by atoms with E-state index in [-0.39, 0.29) is 37.4 Å². The van der Waals surface area contributed by atoms with Gasteiger partial charge in [0.05, 0.1) is 43.1 Å². The molecule has 1 unspecified atom stereocenters. The summed E-state index contributed by atoms with van der Waals surface area (Å²) in [6.45, 7) is 7.38. The summed E-state index contributed by atoms with van der Waals surface area (Å²) in [4.78, 5) is 30.9. The Labute approximate surface area is 297 Å². The van der Waals surface area contributed by atoms with Crippen molar-refractivity contribution >= 4 is 43.2 Å². The van der Waals surface area contributed by atoms with Gasteiger partial charge in [0.25, 0.3) is 5.91 Å². The maximum absolute atomic E-state index is 16.4. The lowest BCUT2D eigenvalue weighted by Gasteiger charge is -2.31. The smallest absolute Gasteiger partial charge is 0.264 e. The van der Waals surface area contributed by atoms with Crippen LogP contribution in [-0.4, -0.2) is 72.7 Å². The number of nitrogens with zero attached hydrogens (tertiary/aromatic N) is 5. The summed E-state index contributed by atoms with van der Waals surface area (Å²) in [6.07, 6.45) is 1.66. The Hall–Kier alpha value is -3.94. The number of hydrogen-bond acceptors (Lipinski definition) is 7. The van der Waals surface area contributed by atoms with Gasteiger partial charge in [-0.15, -0.1) is 5.10 Å². The van der Waals surface area contributed by atoms with Crippen LogP contribution in [0.25, 0.3) is 0 Å². The fraction of sp³-hybridized carbons (Fsp3) is 0.405. The number of amides is 2. The number of nitrogens with one attached hydrogen (secondary N) is 1. The van der Waals surface area contributed by atoms with Gasteiger partial charge in [-0.3, -0.25) is 14.3 Å². The van der Waals surface area contributed by atoms with Crippen LogP contribution in [-0.2, 0) is 33.0 Å². The van der Waals surface area contributed by atoms with Crippen LogP contribution in [0.3, 0.4) is 0 Å². The van der Waals surface area contributed by atoms with Crippen molar-refractivity contribution in [1.29, 1.82) is 0 Å². The standard InChI is InChI=1S/C37H42ClFN6O4Si/c1-24-35(50(2,3)39)33(14-16-43-22-31(41-42-43)29(23-46)26-9-5-4-6-10-26)49-37(24)30-19-27(38)12-13-32(30)45(36(37)48)21-25-8-7-11-28(18-25)44-17-15-40-20-34(44)47/h4-13,18-19,22,24,29,33,35,40,46H,14-17,20-21,23H2,1-3H3/t24-,29?,33+,35-,37+/m1/s1. The third-order valence-electron chi connectivity index (χ3n) is 10.5. The Kier molecular flexibility index (Phi) is 9.42. The van der Waals surface area contributed by atoms with Crippen molar-refractivity contribution in [2.45, 2.75) is 62.7 Å². The monoisotopic (exact) mass is 716 g/mol. The lowest BCUT2D eigenvalue weighted by molar-refractivity contribution is -0.146. The number of fused-ring (bicyclic) bond motifs is 2. The van der Waals surface area contributed by atoms with E-state index in [0.717, 1.165) is 16.8 Å². The second-order valence-corrected chi connectivity index (χ2v) is 18.3. The highest BCUT2D eigenvalue weighted by molar-refractivity contribution is 6.72. The molecule has 3 aromatic carbocycles. The Bertz CT molecular complexity index is 1890. The number of carbonyl (C=O) groups is 2. The van der Waals surface area contributed by atoms with Crippen LogP contribution in [0, 0.1) is 5.92 Å². The quantitative estimate of drug-likeness (QED) is 0.167. The first-order chi connectivity index (χ1) is 24.0. The maximum atomic E-state index is 16.4. The summed E-state index contributed by atoms with van der Waals surface area (Å²) in [5, 5.41) is 22.4. The summed E-state index contributed by atoms with van der Waals surface area (Å²) in [6, 6.07) is 22.7. The molecule has 2 fully saturated rings. The van der Waals surface area contributed by atoms with E-state index in [9.17, 15) is 14.7 Å². The summed E-state index contributed by atoms with van der Waals surface area (Å²) >= 11 is 6.57. The molecule has 50 heavy (non-hydrogen) atoms. The molecule has 4 aromatic rings. The molecule has 0 bridgehead atoms. The van der Waals surface area contributed by atoms with E-state index < -0.39 is 31.6 Å². The number of ether oxygens (including phenoxy) is 1. The zero-order valence-electron chi connectivity index (χ0n) is 28.4. The van der Waals surface area contributed by atoms with Crippen molar-refractivity contribution in [2.24, 2.45) is 5.92 Å². The minimum atomic E-state index is -3.39. The third-order valence-corrected chi connectivity index (χ3v) is 13.2. The lowest BCUT2D eigenvalue weighted by atomic mass is 9.82. The molecule has 3 aliphatic rings. The zero-order valence-corrected chi connectivity index (χ0v) is 30.2. The predicted octanol–water partition coefficient (Wildman–Crippen LogP) is 5.40. The van der Waals surface area contributed by atoms with E-state index in [4.69, 9.17) is 16.3 Å². The Morgan fingerprint density at radius 3 is 2.66 bits per heavy atom. The van der Waals surface area contributed by atoms with Crippen LogP contribution in [0.5, 0.6) is 0 Å². The van der Waals surface area contributed by atoms with E-state index in [1.54, 1.807) is 39.7 Å². The fourth-order valence-electron chi connectivity index (χ4n) is 8.23. The molecule has 262 valence electrons. The first-order valence-electron chi connectivity index (χ1n) is 17.2. The molecular weight excluding hydrogens is 675 g/mol. The van der Waals surface area contributed by atoms with Gasteiger partial charge >= 0.3 is 0 Å². The van der Waals surface area contributed by atoms with E-state index in [2.05, 4.69) is 15.6 Å². The molecule has 2 amide bonds. The highest BCUT2D eigenvalue weighted by Gasteiger charge is 2.66. The highest BCUT2D eigenvalue weighted by Crippen LogP contribution is 2.60. The molecule has 1 aromatic heterocycles. The summed E-state index contributed by atoms with van der Waals surface area (Å²) < 4.78 is 25.0. The molecule has 2 N–H and O–H groups in total. The van der Waals surface area contributed by atoms with Crippen molar-refractivity contribution in [3.8, 4) is 0 Å². The Balaban J connectivity index is 1.17. The number of halogens is 2. The van der Waals surface area contributed by atoms with Gasteiger partial charge in [-0.25, -0.2) is 0 Å². The first-order valence-corrected chi connectivity index (χ1v) is 20.5. The van der Waals surface area contributed by atoms with Gasteiger partial charge in [-0.1, -0.05) is 66.2 Å². The number of aromatic nitrogens is 3. The van der Waals surface area contributed by atoms with Gasteiger partial charge in [0.15, 0.2) is 5.60 Å². The number of aliphatic hydroxyl groups is 1. The van der Waals surface area contributed by atoms with Crippen LogP contribution >= 0.6 is 11.6 Å². The molecule has 7 rings (SSSR count). The summed E-state index contributed by atoms with van der Waals surface area (Å²) in [7, 11) is -3.39. The topological polar surface area (TPSA) is 113 Å². The highest BCUT2D eigenvalue weighted by atomic mass is 35.5. The first kappa shape index (κ1) is 34.5. The van der Waals surface area contributed by atoms with Crippen molar-refractivity contribution in [2.75, 3.05) is 36.0 Å². The average molecular weight is 717 g/mol. The van der Waals surface area contributed by atoms with Crippen molar-refractivity contribution in [3.05, 3.63) is 106 Å². The van der Waals surface area contributed by atoms with E-state index in [1.807, 2.05) is 73.8 Å². The van der Waals surface area contributed by atoms with Gasteiger partial charge in [0.1, 0.15) is 0 Å². The number of piperazine rings is 1. The minimum Gasteiger partial charge on any atom is -0.395 e. The van der Waals surface area contributed by atoms with Crippen LogP contribution in [0.1, 0.15) is 41.6 Å². The Morgan fingerprint density at radius 2 is 1.92 bits per heavy atom.